The summed E-state index contributed by atoms with van der Waals surface area (Å²) in [5.41, 5.74) is 0. The lowest BCUT2D eigenvalue weighted by Crippen LogP contribution is -2.47. The molecule has 0 spiro atoms. The van der Waals surface area contributed by atoms with Gasteiger partial charge in [0, 0.05) is 52.4 Å². The Labute approximate surface area is 150 Å². The molecule has 25 heavy (non-hydrogen) atoms. The summed E-state index contributed by atoms with van der Waals surface area (Å²) in [5.74, 6) is -0.263. The molecular formula is C15H30N4O5S. The maximum atomic E-state index is 12.1. The smallest absolute Gasteiger partial charge is 0.235 e. The lowest BCUT2D eigenvalue weighted by Gasteiger charge is -2.29. The zero-order valence-electron chi connectivity index (χ0n) is 15.0. The van der Waals surface area contributed by atoms with Crippen molar-refractivity contribution in [2.75, 3.05) is 91.6 Å². The SMILES string of the molecule is CS(=O)(=O)N(CCN1CCOCC1)CC(=O)NCCN1CCOCC1. The zero-order valence-corrected chi connectivity index (χ0v) is 15.8. The minimum Gasteiger partial charge on any atom is -0.379 e. The Morgan fingerprint density at radius 1 is 1.00 bits per heavy atom. The molecule has 0 aliphatic carbocycles. The van der Waals surface area contributed by atoms with E-state index in [0.717, 1.165) is 52.2 Å². The Morgan fingerprint density at radius 3 is 2.04 bits per heavy atom. The number of amides is 1. The van der Waals surface area contributed by atoms with Gasteiger partial charge in [-0.25, -0.2) is 8.42 Å². The summed E-state index contributed by atoms with van der Waals surface area (Å²) in [5, 5.41) is 2.81. The first-order valence-electron chi connectivity index (χ1n) is 8.77. The van der Waals surface area contributed by atoms with Crippen LogP contribution in [0.2, 0.25) is 0 Å². The van der Waals surface area contributed by atoms with Crippen LogP contribution in [0.1, 0.15) is 0 Å². The fourth-order valence-corrected chi connectivity index (χ4v) is 3.60. The van der Waals surface area contributed by atoms with E-state index in [0.29, 0.717) is 32.8 Å². The molecule has 0 unspecified atom stereocenters. The van der Waals surface area contributed by atoms with Crippen LogP contribution in [0.25, 0.3) is 0 Å². The topological polar surface area (TPSA) is 91.4 Å². The fourth-order valence-electron chi connectivity index (χ4n) is 2.83. The summed E-state index contributed by atoms with van der Waals surface area (Å²) in [7, 11) is -3.42. The Bertz CT molecular complexity index is 504. The van der Waals surface area contributed by atoms with E-state index in [1.54, 1.807) is 0 Å². The molecule has 2 saturated heterocycles. The molecule has 2 rings (SSSR count). The number of nitrogens with zero attached hydrogens (tertiary/aromatic N) is 3. The molecule has 146 valence electrons. The Balaban J connectivity index is 1.70. The molecule has 1 N–H and O–H groups in total. The summed E-state index contributed by atoms with van der Waals surface area (Å²) in [6.07, 6.45) is 1.15. The van der Waals surface area contributed by atoms with Gasteiger partial charge in [-0.05, 0) is 0 Å². The van der Waals surface area contributed by atoms with Crippen molar-refractivity contribution < 1.29 is 22.7 Å². The van der Waals surface area contributed by atoms with Crippen LogP contribution in [0.4, 0.5) is 0 Å². The molecule has 0 bridgehead atoms. The predicted molar refractivity (Wildman–Crippen MR) is 93.9 cm³/mol. The molecule has 2 heterocycles. The first-order valence-corrected chi connectivity index (χ1v) is 10.6. The van der Waals surface area contributed by atoms with Crippen molar-refractivity contribution in [3.63, 3.8) is 0 Å². The average Bonchev–Trinajstić information content (AvgIpc) is 2.59. The van der Waals surface area contributed by atoms with Crippen LogP contribution in [-0.2, 0) is 24.3 Å². The highest BCUT2D eigenvalue weighted by Gasteiger charge is 2.21. The van der Waals surface area contributed by atoms with Gasteiger partial charge in [-0.1, -0.05) is 0 Å². The van der Waals surface area contributed by atoms with E-state index in [4.69, 9.17) is 9.47 Å². The van der Waals surface area contributed by atoms with Gasteiger partial charge in [0.15, 0.2) is 0 Å². The van der Waals surface area contributed by atoms with Crippen molar-refractivity contribution in [1.29, 1.82) is 0 Å². The van der Waals surface area contributed by atoms with E-state index in [1.807, 2.05) is 0 Å². The molecule has 9 nitrogen and oxygen atoms in total. The molecule has 0 atom stereocenters. The average molecular weight is 378 g/mol. The van der Waals surface area contributed by atoms with Crippen molar-refractivity contribution in [2.45, 2.75) is 0 Å². The van der Waals surface area contributed by atoms with Gasteiger partial charge in [0.1, 0.15) is 0 Å². The van der Waals surface area contributed by atoms with Gasteiger partial charge in [-0.15, -0.1) is 0 Å². The maximum absolute atomic E-state index is 12.1. The van der Waals surface area contributed by atoms with Crippen LogP contribution >= 0.6 is 0 Å². The number of carbonyl (C=O) groups excluding carboxylic acids is 1. The van der Waals surface area contributed by atoms with E-state index >= 15 is 0 Å². The van der Waals surface area contributed by atoms with E-state index in [9.17, 15) is 13.2 Å². The normalized spacial score (nSPS) is 20.7. The van der Waals surface area contributed by atoms with Crippen LogP contribution in [0.5, 0.6) is 0 Å². The van der Waals surface area contributed by atoms with E-state index in [2.05, 4.69) is 15.1 Å². The maximum Gasteiger partial charge on any atom is 0.235 e. The molecule has 0 aromatic rings. The second-order valence-electron chi connectivity index (χ2n) is 6.35. The van der Waals surface area contributed by atoms with Crippen molar-refractivity contribution in [1.82, 2.24) is 19.4 Å². The third-order valence-corrected chi connectivity index (χ3v) is 5.66. The number of rotatable bonds is 9. The third-order valence-electron chi connectivity index (χ3n) is 4.41. The molecule has 0 aromatic carbocycles. The zero-order chi connectivity index (χ0) is 18.1. The lowest BCUT2D eigenvalue weighted by atomic mass is 10.4. The molecule has 2 fully saturated rings. The molecule has 0 radical (unpaired) electrons. The Morgan fingerprint density at radius 2 is 1.52 bits per heavy atom. The number of ether oxygens (including phenoxy) is 2. The lowest BCUT2D eigenvalue weighted by molar-refractivity contribution is -0.121. The highest BCUT2D eigenvalue weighted by Crippen LogP contribution is 2.02. The van der Waals surface area contributed by atoms with Gasteiger partial charge in [0.05, 0.1) is 39.2 Å². The van der Waals surface area contributed by atoms with Crippen LogP contribution in [0.3, 0.4) is 0 Å². The summed E-state index contributed by atoms with van der Waals surface area (Å²) in [4.78, 5) is 16.5. The largest absolute Gasteiger partial charge is 0.379 e. The number of hydrogen-bond acceptors (Lipinski definition) is 7. The highest BCUT2D eigenvalue weighted by atomic mass is 32.2. The van der Waals surface area contributed by atoms with Crippen LogP contribution in [0.15, 0.2) is 0 Å². The third kappa shape index (κ3) is 7.97. The van der Waals surface area contributed by atoms with Crippen molar-refractivity contribution in [3.05, 3.63) is 0 Å². The van der Waals surface area contributed by atoms with E-state index < -0.39 is 10.0 Å². The number of morpholine rings is 2. The van der Waals surface area contributed by atoms with Gasteiger partial charge in [-0.3, -0.25) is 14.6 Å². The molecule has 2 aliphatic rings. The quantitative estimate of drug-likeness (QED) is 0.498. The van der Waals surface area contributed by atoms with E-state index in [1.165, 1.54) is 4.31 Å². The summed E-state index contributed by atoms with van der Waals surface area (Å²) in [6.45, 7) is 8.15. The van der Waals surface area contributed by atoms with Crippen LogP contribution < -0.4 is 5.32 Å². The minimum atomic E-state index is -3.42. The number of hydrogen-bond donors (Lipinski definition) is 1. The van der Waals surface area contributed by atoms with Gasteiger partial charge in [-0.2, -0.15) is 4.31 Å². The second kappa shape index (κ2) is 10.4. The molecular weight excluding hydrogens is 348 g/mol. The molecule has 10 heteroatoms. The minimum absolute atomic E-state index is 0.133. The van der Waals surface area contributed by atoms with Gasteiger partial charge in [0.2, 0.25) is 15.9 Å². The molecule has 2 aliphatic heterocycles. The van der Waals surface area contributed by atoms with Crippen LogP contribution in [0, 0.1) is 0 Å². The summed E-state index contributed by atoms with van der Waals surface area (Å²) in [6, 6.07) is 0. The van der Waals surface area contributed by atoms with Crippen molar-refractivity contribution in [2.24, 2.45) is 0 Å². The van der Waals surface area contributed by atoms with Crippen molar-refractivity contribution in [3.8, 4) is 0 Å². The highest BCUT2D eigenvalue weighted by molar-refractivity contribution is 7.88. The van der Waals surface area contributed by atoms with Crippen LogP contribution in [-0.4, -0.2) is 120 Å². The van der Waals surface area contributed by atoms with Gasteiger partial charge in [0.25, 0.3) is 0 Å². The van der Waals surface area contributed by atoms with Crippen molar-refractivity contribution >= 4 is 15.9 Å². The molecule has 1 amide bonds. The monoisotopic (exact) mass is 378 g/mol. The summed E-state index contributed by atoms with van der Waals surface area (Å²) >= 11 is 0. The Kier molecular flexibility index (Phi) is 8.53. The first-order chi connectivity index (χ1) is 11.9. The number of sulfonamides is 1. The number of carbonyl (C=O) groups is 1. The predicted octanol–water partition coefficient (Wildman–Crippen LogP) is -1.97. The van der Waals surface area contributed by atoms with Gasteiger partial charge < -0.3 is 14.8 Å². The second-order valence-corrected chi connectivity index (χ2v) is 8.34. The number of nitrogens with one attached hydrogen (secondary N) is 1. The van der Waals surface area contributed by atoms with Gasteiger partial charge >= 0.3 is 0 Å². The standard InChI is InChI=1S/C15H30N4O5S/c1-25(21,22)19(5-4-18-8-12-24-13-9-18)14-15(20)16-2-3-17-6-10-23-11-7-17/h2-14H2,1H3,(H,16,20). The molecule has 0 aromatic heterocycles. The first kappa shape index (κ1) is 20.5. The summed E-state index contributed by atoms with van der Waals surface area (Å²) < 4.78 is 35.7. The molecule has 0 saturated carbocycles. The van der Waals surface area contributed by atoms with E-state index in [-0.39, 0.29) is 12.5 Å². The fraction of sp³-hybridized carbons (Fsp3) is 0.933. The Hall–Kier alpha value is -0.780.